The third-order valence-corrected chi connectivity index (χ3v) is 2.66. The number of aryl methyl sites for hydroxylation is 1. The third-order valence-electron chi connectivity index (χ3n) is 2.66. The molecule has 1 amide bonds. The van der Waals surface area contributed by atoms with Gasteiger partial charge < -0.3 is 5.32 Å². The van der Waals surface area contributed by atoms with Crippen molar-refractivity contribution in [1.29, 1.82) is 0 Å². The van der Waals surface area contributed by atoms with Gasteiger partial charge in [0.15, 0.2) is 0 Å². The third kappa shape index (κ3) is 6.22. The maximum absolute atomic E-state index is 12.0. The lowest BCUT2D eigenvalue weighted by Gasteiger charge is -2.15. The molecule has 6 heteroatoms. The van der Waals surface area contributed by atoms with Gasteiger partial charge in [0.2, 0.25) is 5.91 Å². The van der Waals surface area contributed by atoms with E-state index < -0.39 is 24.9 Å². The van der Waals surface area contributed by atoms with Gasteiger partial charge in [-0.1, -0.05) is 6.07 Å². The minimum atomic E-state index is -4.29. The first-order chi connectivity index (χ1) is 8.78. The lowest BCUT2D eigenvalue weighted by atomic mass is 10.1. The lowest BCUT2D eigenvalue weighted by molar-refractivity contribution is -0.144. The fourth-order valence-corrected chi connectivity index (χ4v) is 1.68. The quantitative estimate of drug-likeness (QED) is 0.897. The van der Waals surface area contributed by atoms with Crippen molar-refractivity contribution >= 4 is 5.91 Å². The van der Waals surface area contributed by atoms with Gasteiger partial charge in [-0.3, -0.25) is 9.78 Å². The van der Waals surface area contributed by atoms with Crippen molar-refractivity contribution in [2.45, 2.75) is 45.3 Å². The molecule has 0 bridgehead atoms. The average Bonchev–Trinajstić information content (AvgIpc) is 2.29. The molecule has 0 aliphatic carbocycles. The van der Waals surface area contributed by atoms with Crippen molar-refractivity contribution in [3.63, 3.8) is 0 Å². The summed E-state index contributed by atoms with van der Waals surface area (Å²) in [5.41, 5.74) is 1.84. The van der Waals surface area contributed by atoms with Gasteiger partial charge >= 0.3 is 6.18 Å². The topological polar surface area (TPSA) is 42.0 Å². The van der Waals surface area contributed by atoms with Crippen LogP contribution in [0.2, 0.25) is 0 Å². The summed E-state index contributed by atoms with van der Waals surface area (Å²) in [7, 11) is 0. The summed E-state index contributed by atoms with van der Waals surface area (Å²) in [6, 6.07) is 3.47. The normalized spacial score (nSPS) is 13.1. The SMILES string of the molecule is Cc1cccnc1C[C@H](C)NC(=O)CCC(F)(F)F. The van der Waals surface area contributed by atoms with E-state index in [2.05, 4.69) is 10.3 Å². The molecule has 0 saturated heterocycles. The largest absolute Gasteiger partial charge is 0.389 e. The molecule has 0 radical (unpaired) electrons. The van der Waals surface area contributed by atoms with E-state index in [0.717, 1.165) is 11.3 Å². The molecule has 0 saturated carbocycles. The standard InChI is InChI=1S/C13H17F3N2O/c1-9-4-3-7-17-11(9)8-10(2)18-12(19)5-6-13(14,15)16/h3-4,7,10H,5-6,8H2,1-2H3,(H,18,19)/t10-/m0/s1. The zero-order chi connectivity index (χ0) is 14.5. The van der Waals surface area contributed by atoms with Crippen LogP contribution < -0.4 is 5.32 Å². The molecule has 0 spiro atoms. The number of nitrogens with zero attached hydrogens (tertiary/aromatic N) is 1. The van der Waals surface area contributed by atoms with E-state index in [9.17, 15) is 18.0 Å². The molecule has 1 N–H and O–H groups in total. The van der Waals surface area contributed by atoms with Gasteiger partial charge in [-0.2, -0.15) is 13.2 Å². The molecule has 0 aliphatic heterocycles. The Bertz CT molecular complexity index is 432. The highest BCUT2D eigenvalue weighted by Crippen LogP contribution is 2.21. The Morgan fingerprint density at radius 3 is 2.74 bits per heavy atom. The van der Waals surface area contributed by atoms with E-state index in [-0.39, 0.29) is 6.04 Å². The second-order valence-corrected chi connectivity index (χ2v) is 4.55. The number of carbonyl (C=O) groups excluding carboxylic acids is 1. The molecular weight excluding hydrogens is 257 g/mol. The minimum Gasteiger partial charge on any atom is -0.353 e. The van der Waals surface area contributed by atoms with Crippen molar-refractivity contribution in [2.75, 3.05) is 0 Å². The number of rotatable bonds is 5. The van der Waals surface area contributed by atoms with E-state index >= 15 is 0 Å². The van der Waals surface area contributed by atoms with Crippen LogP contribution in [0, 0.1) is 6.92 Å². The van der Waals surface area contributed by atoms with Crippen LogP contribution in [0.3, 0.4) is 0 Å². The summed E-state index contributed by atoms with van der Waals surface area (Å²) in [6.07, 6.45) is -3.76. The molecule has 1 heterocycles. The summed E-state index contributed by atoms with van der Waals surface area (Å²) >= 11 is 0. The molecule has 1 atom stereocenters. The van der Waals surface area contributed by atoms with Crippen LogP contribution >= 0.6 is 0 Å². The molecule has 1 aromatic rings. The highest BCUT2D eigenvalue weighted by atomic mass is 19.4. The molecule has 1 rings (SSSR count). The van der Waals surface area contributed by atoms with Crippen LogP contribution in [0.15, 0.2) is 18.3 Å². The van der Waals surface area contributed by atoms with E-state index in [1.807, 2.05) is 19.1 Å². The van der Waals surface area contributed by atoms with Gasteiger partial charge in [-0.25, -0.2) is 0 Å². The van der Waals surface area contributed by atoms with Crippen LogP contribution in [0.4, 0.5) is 13.2 Å². The van der Waals surface area contributed by atoms with E-state index in [0.29, 0.717) is 6.42 Å². The summed E-state index contributed by atoms with van der Waals surface area (Å²) < 4.78 is 35.9. The van der Waals surface area contributed by atoms with Crippen molar-refractivity contribution in [2.24, 2.45) is 0 Å². The van der Waals surface area contributed by atoms with Gasteiger partial charge in [0.05, 0.1) is 6.42 Å². The number of nitrogens with one attached hydrogen (secondary N) is 1. The number of pyridine rings is 1. The molecule has 19 heavy (non-hydrogen) atoms. The monoisotopic (exact) mass is 274 g/mol. The first-order valence-corrected chi connectivity index (χ1v) is 6.04. The van der Waals surface area contributed by atoms with E-state index in [4.69, 9.17) is 0 Å². The Morgan fingerprint density at radius 1 is 1.47 bits per heavy atom. The Hall–Kier alpha value is -1.59. The fraction of sp³-hybridized carbons (Fsp3) is 0.538. The molecule has 3 nitrogen and oxygen atoms in total. The summed E-state index contributed by atoms with van der Waals surface area (Å²) in [6.45, 7) is 3.65. The van der Waals surface area contributed by atoms with E-state index in [1.54, 1.807) is 13.1 Å². The number of alkyl halides is 3. The van der Waals surface area contributed by atoms with Crippen LogP contribution in [0.25, 0.3) is 0 Å². The molecule has 0 aromatic carbocycles. The molecular formula is C13H17F3N2O. The number of aromatic nitrogens is 1. The van der Waals surface area contributed by atoms with Crippen LogP contribution in [-0.4, -0.2) is 23.1 Å². The van der Waals surface area contributed by atoms with Gasteiger partial charge in [0.25, 0.3) is 0 Å². The van der Waals surface area contributed by atoms with Gasteiger partial charge in [-0.15, -0.1) is 0 Å². The van der Waals surface area contributed by atoms with Crippen LogP contribution in [0.1, 0.15) is 31.0 Å². The molecule has 1 aromatic heterocycles. The molecule has 106 valence electrons. The van der Waals surface area contributed by atoms with Gasteiger partial charge in [0, 0.05) is 30.8 Å². The summed E-state index contributed by atoms with van der Waals surface area (Å²) in [5.74, 6) is -0.585. The smallest absolute Gasteiger partial charge is 0.353 e. The Morgan fingerprint density at radius 2 is 2.16 bits per heavy atom. The first kappa shape index (κ1) is 15.5. The fourth-order valence-electron chi connectivity index (χ4n) is 1.68. The summed E-state index contributed by atoms with van der Waals surface area (Å²) in [5, 5.41) is 2.55. The maximum atomic E-state index is 12.0. The molecule has 0 aliphatic rings. The first-order valence-electron chi connectivity index (χ1n) is 6.04. The number of halogens is 3. The number of hydrogen-bond donors (Lipinski definition) is 1. The van der Waals surface area contributed by atoms with Crippen molar-refractivity contribution in [3.05, 3.63) is 29.6 Å². The zero-order valence-corrected chi connectivity index (χ0v) is 10.9. The highest BCUT2D eigenvalue weighted by molar-refractivity contribution is 5.76. The number of amides is 1. The lowest BCUT2D eigenvalue weighted by Crippen LogP contribution is -2.35. The maximum Gasteiger partial charge on any atom is 0.389 e. The number of carbonyl (C=O) groups is 1. The van der Waals surface area contributed by atoms with Gasteiger partial charge in [0.1, 0.15) is 0 Å². The van der Waals surface area contributed by atoms with Crippen molar-refractivity contribution < 1.29 is 18.0 Å². The second kappa shape index (κ2) is 6.54. The van der Waals surface area contributed by atoms with Crippen LogP contribution in [0.5, 0.6) is 0 Å². The zero-order valence-electron chi connectivity index (χ0n) is 10.9. The Kier molecular flexibility index (Phi) is 5.32. The Balaban J connectivity index is 2.41. The molecule has 0 unspecified atom stereocenters. The minimum absolute atomic E-state index is 0.241. The average molecular weight is 274 g/mol. The van der Waals surface area contributed by atoms with Crippen molar-refractivity contribution in [3.8, 4) is 0 Å². The Labute approximate surface area is 110 Å². The predicted octanol–water partition coefficient (Wildman–Crippen LogP) is 2.78. The van der Waals surface area contributed by atoms with Crippen LogP contribution in [-0.2, 0) is 11.2 Å². The van der Waals surface area contributed by atoms with Gasteiger partial charge in [-0.05, 0) is 25.5 Å². The van der Waals surface area contributed by atoms with E-state index in [1.165, 1.54) is 0 Å². The second-order valence-electron chi connectivity index (χ2n) is 4.55. The predicted molar refractivity (Wildman–Crippen MR) is 65.6 cm³/mol. The summed E-state index contributed by atoms with van der Waals surface area (Å²) in [4.78, 5) is 15.5. The number of hydrogen-bond acceptors (Lipinski definition) is 2. The molecule has 0 fully saturated rings. The van der Waals surface area contributed by atoms with Crippen molar-refractivity contribution in [1.82, 2.24) is 10.3 Å². The highest BCUT2D eigenvalue weighted by Gasteiger charge is 2.28.